The Morgan fingerprint density at radius 3 is 2.38 bits per heavy atom. The summed E-state index contributed by atoms with van der Waals surface area (Å²) in [5.74, 6) is 0.241. The second kappa shape index (κ2) is 2.47. The van der Waals surface area contributed by atoms with Gasteiger partial charge in [0.2, 0.25) is 5.91 Å². The largest absolute Gasteiger partial charge is 0.386 e. The molecular weight excluding hydrogens is 166 g/mol. The molecule has 1 aliphatic carbocycles. The van der Waals surface area contributed by atoms with Crippen LogP contribution in [-0.4, -0.2) is 34.6 Å². The van der Waals surface area contributed by atoms with Crippen molar-refractivity contribution >= 4 is 5.91 Å². The molecule has 0 spiro atoms. The van der Waals surface area contributed by atoms with Gasteiger partial charge in [-0.1, -0.05) is 13.8 Å². The van der Waals surface area contributed by atoms with E-state index in [9.17, 15) is 9.90 Å². The molecule has 1 heterocycles. The summed E-state index contributed by atoms with van der Waals surface area (Å²) in [7, 11) is 0. The van der Waals surface area contributed by atoms with Crippen LogP contribution in [0.3, 0.4) is 0 Å². The fourth-order valence-electron chi connectivity index (χ4n) is 1.81. The highest BCUT2D eigenvalue weighted by molar-refractivity contribution is 5.85. The standard InChI is InChI=1S/C10H17NO2/c1-3-10(13)6-11(7-10)8(12)9(2)4-5-9/h13H,3-7H2,1-2H3. The third-order valence-electron chi connectivity index (χ3n) is 3.43. The molecule has 0 aromatic rings. The van der Waals surface area contributed by atoms with Crippen LogP contribution in [-0.2, 0) is 4.79 Å². The summed E-state index contributed by atoms with van der Waals surface area (Å²) in [6.45, 7) is 5.05. The number of aliphatic hydroxyl groups is 1. The molecule has 0 bridgehead atoms. The number of amides is 1. The molecule has 2 rings (SSSR count). The van der Waals surface area contributed by atoms with Gasteiger partial charge in [0, 0.05) is 5.41 Å². The Balaban J connectivity index is 1.90. The molecule has 74 valence electrons. The van der Waals surface area contributed by atoms with Crippen LogP contribution in [0.2, 0.25) is 0 Å². The quantitative estimate of drug-likeness (QED) is 0.687. The van der Waals surface area contributed by atoms with Gasteiger partial charge in [0.05, 0.1) is 18.7 Å². The van der Waals surface area contributed by atoms with Crippen LogP contribution >= 0.6 is 0 Å². The maximum Gasteiger partial charge on any atom is 0.228 e. The van der Waals surface area contributed by atoms with E-state index in [1.165, 1.54) is 0 Å². The first kappa shape index (κ1) is 9.00. The Labute approximate surface area is 78.7 Å². The zero-order valence-corrected chi connectivity index (χ0v) is 8.34. The molecule has 1 amide bonds. The first-order valence-corrected chi connectivity index (χ1v) is 5.01. The summed E-state index contributed by atoms with van der Waals surface area (Å²) < 4.78 is 0. The van der Waals surface area contributed by atoms with Crippen LogP contribution in [0.1, 0.15) is 33.1 Å². The molecule has 1 N–H and O–H groups in total. The SMILES string of the molecule is CCC1(O)CN(C(=O)C2(C)CC2)C1. The maximum absolute atomic E-state index is 11.7. The molecule has 0 atom stereocenters. The van der Waals surface area contributed by atoms with E-state index in [-0.39, 0.29) is 11.3 Å². The van der Waals surface area contributed by atoms with Crippen molar-refractivity contribution in [3.63, 3.8) is 0 Å². The number of nitrogens with zero attached hydrogens (tertiary/aromatic N) is 1. The summed E-state index contributed by atoms with van der Waals surface area (Å²) in [6, 6.07) is 0. The highest BCUT2D eigenvalue weighted by atomic mass is 16.3. The van der Waals surface area contributed by atoms with Crippen molar-refractivity contribution in [1.82, 2.24) is 4.90 Å². The first-order chi connectivity index (χ1) is 5.99. The van der Waals surface area contributed by atoms with Gasteiger partial charge in [0.25, 0.3) is 0 Å². The van der Waals surface area contributed by atoms with E-state index >= 15 is 0 Å². The van der Waals surface area contributed by atoms with Gasteiger partial charge in [-0.2, -0.15) is 0 Å². The highest BCUT2D eigenvalue weighted by Gasteiger charge is 2.52. The summed E-state index contributed by atoms with van der Waals surface area (Å²) in [5, 5.41) is 9.73. The highest BCUT2D eigenvalue weighted by Crippen LogP contribution is 2.47. The van der Waals surface area contributed by atoms with Gasteiger partial charge in [-0.05, 0) is 19.3 Å². The number of hydrogen-bond donors (Lipinski definition) is 1. The van der Waals surface area contributed by atoms with Crippen LogP contribution < -0.4 is 0 Å². The number of likely N-dealkylation sites (tertiary alicyclic amines) is 1. The van der Waals surface area contributed by atoms with Gasteiger partial charge in [-0.25, -0.2) is 0 Å². The number of β-amino-alcohol motifs (C(OH)–C–C–N with tert-alkyl or cyclic N) is 1. The zero-order valence-electron chi connectivity index (χ0n) is 8.34. The molecule has 13 heavy (non-hydrogen) atoms. The molecule has 1 saturated heterocycles. The maximum atomic E-state index is 11.7. The number of carbonyl (C=O) groups excluding carboxylic acids is 1. The Hall–Kier alpha value is -0.570. The lowest BCUT2D eigenvalue weighted by Crippen LogP contribution is -2.64. The molecule has 3 heteroatoms. The van der Waals surface area contributed by atoms with Crippen LogP contribution in [0.25, 0.3) is 0 Å². The summed E-state index contributed by atoms with van der Waals surface area (Å²) >= 11 is 0. The first-order valence-electron chi connectivity index (χ1n) is 5.01. The van der Waals surface area contributed by atoms with Crippen LogP contribution in [0, 0.1) is 5.41 Å². The number of hydrogen-bond acceptors (Lipinski definition) is 2. The molecule has 3 nitrogen and oxygen atoms in total. The van der Waals surface area contributed by atoms with Crippen LogP contribution in [0.5, 0.6) is 0 Å². The lowest BCUT2D eigenvalue weighted by molar-refractivity contribution is -0.160. The molecular formula is C10H17NO2. The van der Waals surface area contributed by atoms with E-state index in [1.54, 1.807) is 4.90 Å². The van der Waals surface area contributed by atoms with Gasteiger partial charge < -0.3 is 10.0 Å². The van der Waals surface area contributed by atoms with E-state index < -0.39 is 5.60 Å². The molecule has 0 aromatic heterocycles. The van der Waals surface area contributed by atoms with E-state index in [4.69, 9.17) is 0 Å². The summed E-state index contributed by atoms with van der Waals surface area (Å²) in [4.78, 5) is 13.5. The van der Waals surface area contributed by atoms with Gasteiger partial charge in [0.1, 0.15) is 0 Å². The second-order valence-electron chi connectivity index (χ2n) is 4.80. The van der Waals surface area contributed by atoms with Crippen LogP contribution in [0.15, 0.2) is 0 Å². The fraction of sp³-hybridized carbons (Fsp3) is 0.900. The molecule has 2 aliphatic rings. The molecule has 1 saturated carbocycles. The molecule has 1 aliphatic heterocycles. The average Bonchev–Trinajstić information content (AvgIpc) is 2.78. The van der Waals surface area contributed by atoms with Crippen LogP contribution in [0.4, 0.5) is 0 Å². The lowest BCUT2D eigenvalue weighted by atomic mass is 9.89. The Bertz CT molecular complexity index is 239. The third-order valence-corrected chi connectivity index (χ3v) is 3.43. The number of carbonyl (C=O) groups is 1. The van der Waals surface area contributed by atoms with Gasteiger partial charge >= 0.3 is 0 Å². The van der Waals surface area contributed by atoms with Gasteiger partial charge in [-0.3, -0.25) is 4.79 Å². The fourth-order valence-corrected chi connectivity index (χ4v) is 1.81. The predicted molar refractivity (Wildman–Crippen MR) is 49.2 cm³/mol. The van der Waals surface area contributed by atoms with Crippen molar-refractivity contribution in [3.05, 3.63) is 0 Å². The van der Waals surface area contributed by atoms with Gasteiger partial charge in [-0.15, -0.1) is 0 Å². The summed E-state index contributed by atoms with van der Waals surface area (Å²) in [5.41, 5.74) is -0.657. The predicted octanol–water partition coefficient (Wildman–Crippen LogP) is 0.770. The third kappa shape index (κ3) is 1.35. The number of rotatable bonds is 2. The normalized spacial score (nSPS) is 28.1. The van der Waals surface area contributed by atoms with Gasteiger partial charge in [0.15, 0.2) is 0 Å². The van der Waals surface area contributed by atoms with Crippen molar-refractivity contribution in [2.75, 3.05) is 13.1 Å². The molecule has 2 fully saturated rings. The smallest absolute Gasteiger partial charge is 0.228 e. The molecule has 0 unspecified atom stereocenters. The second-order valence-corrected chi connectivity index (χ2v) is 4.80. The van der Waals surface area contributed by atoms with Crippen molar-refractivity contribution < 1.29 is 9.90 Å². The minimum atomic E-state index is -0.582. The minimum Gasteiger partial charge on any atom is -0.386 e. The van der Waals surface area contributed by atoms with E-state index in [2.05, 4.69) is 0 Å². The van der Waals surface area contributed by atoms with Crippen molar-refractivity contribution in [1.29, 1.82) is 0 Å². The molecule has 0 aromatic carbocycles. The van der Waals surface area contributed by atoms with E-state index in [1.807, 2.05) is 13.8 Å². The van der Waals surface area contributed by atoms with E-state index in [0.29, 0.717) is 13.1 Å². The zero-order chi connectivity index (χ0) is 9.69. The van der Waals surface area contributed by atoms with E-state index in [0.717, 1.165) is 19.3 Å². The topological polar surface area (TPSA) is 40.5 Å². The van der Waals surface area contributed by atoms with Crippen molar-refractivity contribution in [2.24, 2.45) is 5.41 Å². The lowest BCUT2D eigenvalue weighted by Gasteiger charge is -2.47. The Morgan fingerprint density at radius 1 is 1.46 bits per heavy atom. The van der Waals surface area contributed by atoms with Crippen molar-refractivity contribution in [3.8, 4) is 0 Å². The summed E-state index contributed by atoms with van der Waals surface area (Å²) in [6.07, 6.45) is 2.78. The monoisotopic (exact) mass is 183 g/mol. The average molecular weight is 183 g/mol. The molecule has 0 radical (unpaired) electrons. The Kier molecular flexibility index (Phi) is 1.71. The minimum absolute atomic E-state index is 0.0743. The Morgan fingerprint density at radius 2 is 2.00 bits per heavy atom. The van der Waals surface area contributed by atoms with Crippen molar-refractivity contribution in [2.45, 2.75) is 38.7 Å².